The quantitative estimate of drug-likeness (QED) is 0.623. The maximum absolute atomic E-state index is 4.93. The third-order valence-corrected chi connectivity index (χ3v) is 3.13. The first kappa shape index (κ1) is 20.0. The van der Waals surface area contributed by atoms with Crippen molar-refractivity contribution >= 4 is 24.0 Å². The van der Waals surface area contributed by atoms with Crippen LogP contribution in [0.3, 0.4) is 0 Å². The molecule has 0 unspecified atom stereocenters. The Bertz CT molecular complexity index is 328. The zero-order chi connectivity index (χ0) is 15.7. The van der Waals surface area contributed by atoms with Crippen molar-refractivity contribution in [1.29, 1.82) is 0 Å². The third kappa shape index (κ3) is 6.92. The van der Waals surface area contributed by atoms with Crippen LogP contribution in [-0.2, 0) is 20.8 Å². The Morgan fingerprint density at radius 2 is 1.48 bits per heavy atom. The third-order valence-electron chi connectivity index (χ3n) is 3.13. The van der Waals surface area contributed by atoms with Crippen molar-refractivity contribution in [3.63, 3.8) is 0 Å². The van der Waals surface area contributed by atoms with Crippen molar-refractivity contribution in [3.05, 3.63) is 74.7 Å². The van der Waals surface area contributed by atoms with Crippen molar-refractivity contribution < 1.29 is 20.8 Å². The molecule has 6 heteroatoms. The molecule has 0 spiro atoms. The molecule has 21 heavy (non-hydrogen) atoms. The average molecular weight is 400 g/mol. The molecule has 1 saturated carbocycles. The van der Waals surface area contributed by atoms with E-state index in [9.17, 15) is 0 Å². The first-order valence-corrected chi connectivity index (χ1v) is 12.9. The van der Waals surface area contributed by atoms with Crippen molar-refractivity contribution in [3.8, 4) is 0 Å². The fraction of sp³-hybridized carbons (Fsp3) is 0.200. The number of hydrogen-bond donors (Lipinski definition) is 0. The summed E-state index contributed by atoms with van der Waals surface area (Å²) in [5, 5.41) is 0. The number of nitrogens with zero attached hydrogens (tertiary/aromatic N) is 2. The van der Waals surface area contributed by atoms with Gasteiger partial charge in [0.25, 0.3) is 0 Å². The summed E-state index contributed by atoms with van der Waals surface area (Å²) in [6.07, 6.45) is 20.8. The van der Waals surface area contributed by atoms with Gasteiger partial charge in [-0.05, 0) is 59.6 Å². The van der Waals surface area contributed by atoms with E-state index in [0.29, 0.717) is 6.98 Å². The van der Waals surface area contributed by atoms with Gasteiger partial charge >= 0.3 is 44.9 Å². The van der Waals surface area contributed by atoms with Gasteiger partial charge in [-0.25, -0.2) is 0 Å². The monoisotopic (exact) mass is 398 g/mol. The van der Waals surface area contributed by atoms with E-state index in [-0.39, 0.29) is 0 Å². The summed E-state index contributed by atoms with van der Waals surface area (Å²) < 4.78 is 0. The van der Waals surface area contributed by atoms with Crippen LogP contribution in [0.5, 0.6) is 0 Å². The standard InChI is InChI=1S/C10H14BN2.C5H5.2ClH.Zr/c1-12(2)11-8-9-6-4-5-7-10(9)13(11)3;1-2-4-5-3-1;;;/h4-8H,1-3H3;1-5H;2*1H;/q;;;;+4/p-2. The summed E-state index contributed by atoms with van der Waals surface area (Å²) in [5.41, 5.74) is 0. The zero-order valence-electron chi connectivity index (χ0n) is 12.5. The van der Waals surface area contributed by atoms with E-state index < -0.39 is 20.8 Å². The number of hydrogen-bond acceptors (Lipinski definition) is 2. The van der Waals surface area contributed by atoms with Gasteiger partial charge in [0.1, 0.15) is 0 Å². The Balaban J connectivity index is 0.000000228. The predicted molar refractivity (Wildman–Crippen MR) is 89.5 cm³/mol. The molecule has 1 saturated heterocycles. The molecule has 0 aromatic carbocycles. The Morgan fingerprint density at radius 1 is 1.00 bits per heavy atom. The van der Waals surface area contributed by atoms with E-state index in [1.807, 2.05) is 32.1 Å². The molecule has 0 N–H and O–H groups in total. The van der Waals surface area contributed by atoms with Gasteiger partial charge in [0.05, 0.1) is 6.04 Å². The van der Waals surface area contributed by atoms with Crippen LogP contribution in [0, 0.1) is 50.4 Å². The van der Waals surface area contributed by atoms with Gasteiger partial charge in [0.2, 0.25) is 0 Å². The molecule has 1 aliphatic heterocycles. The number of rotatable bonds is 1. The van der Waals surface area contributed by atoms with E-state index in [4.69, 9.17) is 17.0 Å². The average Bonchev–Trinajstić information content (AvgIpc) is 3.12. The molecule has 3 aliphatic rings. The molecule has 2 fully saturated rings. The van der Waals surface area contributed by atoms with E-state index in [1.54, 1.807) is 0 Å². The Kier molecular flexibility index (Phi) is 10.9. The van der Waals surface area contributed by atoms with Crippen LogP contribution in [0.2, 0.25) is 0 Å². The predicted octanol–water partition coefficient (Wildman–Crippen LogP) is 3.36. The Hall–Kier alpha value is 0.928. The summed E-state index contributed by atoms with van der Waals surface area (Å²) in [6.45, 7) is 0.400. The molecule has 0 bridgehead atoms. The van der Waals surface area contributed by atoms with Gasteiger partial charge in [0, 0.05) is 5.92 Å². The number of allylic oxidation sites excluding steroid dienone is 2. The number of halogens is 2. The zero-order valence-corrected chi connectivity index (χ0v) is 16.5. The fourth-order valence-electron chi connectivity index (χ4n) is 2.18. The summed E-state index contributed by atoms with van der Waals surface area (Å²) in [7, 11) is 16.2. The minimum absolute atomic E-state index is 0.400. The maximum atomic E-state index is 4.93. The SMILES string of the molecule is CN(C)B1[CH][C]2C=CC=C[C]2N1C.[CH]1[CH][CH][CH][CH]1.[Cl][Zr+2][Cl]. The number of likely N-dealkylation sites (N-methyl/N-ethyl adjacent to an activating group) is 1. The molecular weight excluding hydrogens is 381 g/mol. The van der Waals surface area contributed by atoms with E-state index >= 15 is 0 Å². The molecule has 0 atom stereocenters. The molecule has 108 valence electrons. The van der Waals surface area contributed by atoms with Gasteiger partial charge in [-0.3, -0.25) is 0 Å². The van der Waals surface area contributed by atoms with Crippen molar-refractivity contribution in [2.75, 3.05) is 21.1 Å². The molecule has 0 aromatic heterocycles. The second-order valence-electron chi connectivity index (χ2n) is 4.75. The molecule has 0 amide bonds. The summed E-state index contributed by atoms with van der Waals surface area (Å²) in [4.78, 5) is 4.50. The van der Waals surface area contributed by atoms with Crippen LogP contribution in [-0.4, -0.2) is 37.7 Å². The van der Waals surface area contributed by atoms with Gasteiger partial charge in [-0.2, -0.15) is 0 Å². The normalized spacial score (nSPS) is 21.5. The van der Waals surface area contributed by atoms with E-state index in [2.05, 4.69) is 61.4 Å². The fourth-order valence-corrected chi connectivity index (χ4v) is 2.18. The van der Waals surface area contributed by atoms with Crippen LogP contribution in [0.1, 0.15) is 0 Å². The van der Waals surface area contributed by atoms with Crippen LogP contribution in [0.4, 0.5) is 0 Å². The Morgan fingerprint density at radius 3 is 1.90 bits per heavy atom. The van der Waals surface area contributed by atoms with E-state index in [0.717, 1.165) is 0 Å². The van der Waals surface area contributed by atoms with Crippen molar-refractivity contribution in [1.82, 2.24) is 9.62 Å². The first-order chi connectivity index (χ1) is 10.1. The molecule has 2 aliphatic carbocycles. The molecule has 0 aromatic rings. The summed E-state index contributed by atoms with van der Waals surface area (Å²) in [6, 6.07) is 1.32. The second kappa shape index (κ2) is 11.5. The van der Waals surface area contributed by atoms with Crippen LogP contribution < -0.4 is 0 Å². The van der Waals surface area contributed by atoms with Gasteiger partial charge in [0.15, 0.2) is 0 Å². The number of fused-ring (bicyclic) bond motifs is 1. The van der Waals surface area contributed by atoms with Crippen LogP contribution in [0.15, 0.2) is 24.3 Å². The van der Waals surface area contributed by atoms with Gasteiger partial charge in [-0.1, -0.05) is 24.3 Å². The van der Waals surface area contributed by atoms with Crippen LogP contribution in [0.25, 0.3) is 0 Å². The molecule has 1 heterocycles. The summed E-state index contributed by atoms with van der Waals surface area (Å²) >= 11 is -0.826. The molecular formula is C15H19BCl2N2Zr+2. The van der Waals surface area contributed by atoms with E-state index in [1.165, 1.54) is 12.0 Å². The van der Waals surface area contributed by atoms with Crippen LogP contribution >= 0.6 is 17.0 Å². The molecule has 8 radical (unpaired) electrons. The minimum atomic E-state index is -0.826. The van der Waals surface area contributed by atoms with Gasteiger partial charge in [-0.15, -0.1) is 0 Å². The Labute approximate surface area is 149 Å². The first-order valence-electron chi connectivity index (χ1n) is 6.58. The second-order valence-corrected chi connectivity index (χ2v) is 8.48. The van der Waals surface area contributed by atoms with Crippen molar-refractivity contribution in [2.24, 2.45) is 0 Å². The summed E-state index contributed by atoms with van der Waals surface area (Å²) in [5.74, 6) is 1.34. The van der Waals surface area contributed by atoms with Crippen molar-refractivity contribution in [2.45, 2.75) is 0 Å². The van der Waals surface area contributed by atoms with Gasteiger partial charge < -0.3 is 9.62 Å². The molecule has 3 rings (SSSR count). The molecule has 2 nitrogen and oxygen atoms in total. The topological polar surface area (TPSA) is 6.48 Å².